The Morgan fingerprint density at radius 3 is 2.63 bits per heavy atom. The number of methoxy groups -OCH3 is 1. The van der Waals surface area contributed by atoms with Crippen LogP contribution in [-0.2, 0) is 9.53 Å². The number of amides is 1. The summed E-state index contributed by atoms with van der Waals surface area (Å²) in [6, 6.07) is 2.33. The number of ether oxygens (including phenoxy) is 1. The molecular weight excluding hydrogens is 253 g/mol. The van der Waals surface area contributed by atoms with Gasteiger partial charge in [0.25, 0.3) is 0 Å². The van der Waals surface area contributed by atoms with Crippen LogP contribution in [0, 0.1) is 5.82 Å². The van der Waals surface area contributed by atoms with Crippen LogP contribution in [0.2, 0.25) is 0 Å². The van der Waals surface area contributed by atoms with Crippen molar-refractivity contribution in [3.05, 3.63) is 23.5 Å². The number of nitrogens with two attached hydrogens (primary N) is 1. The smallest absolute Gasteiger partial charge is 0.340 e. The summed E-state index contributed by atoms with van der Waals surface area (Å²) in [5, 5.41) is 5.32. The van der Waals surface area contributed by atoms with Gasteiger partial charge in [0.1, 0.15) is 5.82 Å². The van der Waals surface area contributed by atoms with Crippen LogP contribution in [0.4, 0.5) is 15.8 Å². The van der Waals surface area contributed by atoms with Gasteiger partial charge < -0.3 is 21.1 Å². The first-order valence-corrected chi connectivity index (χ1v) is 5.61. The number of nitrogens with one attached hydrogen (secondary N) is 2. The predicted octanol–water partition coefficient (Wildman–Crippen LogP) is 0.742. The fraction of sp³-hybridized carbons (Fsp3) is 0.333. The topological polar surface area (TPSA) is 93.5 Å². The van der Waals surface area contributed by atoms with Crippen molar-refractivity contribution in [2.75, 3.05) is 31.2 Å². The molecular formula is C12H16FN3O3. The summed E-state index contributed by atoms with van der Waals surface area (Å²) >= 11 is 0. The van der Waals surface area contributed by atoms with Gasteiger partial charge in [0.05, 0.1) is 18.4 Å². The van der Waals surface area contributed by atoms with Crippen LogP contribution in [0.1, 0.15) is 17.3 Å². The van der Waals surface area contributed by atoms with E-state index in [2.05, 4.69) is 15.4 Å². The highest BCUT2D eigenvalue weighted by molar-refractivity contribution is 5.96. The van der Waals surface area contributed by atoms with E-state index in [-0.39, 0.29) is 22.8 Å². The zero-order valence-corrected chi connectivity index (χ0v) is 10.7. The molecule has 0 heterocycles. The van der Waals surface area contributed by atoms with Gasteiger partial charge in [-0.1, -0.05) is 0 Å². The first-order valence-electron chi connectivity index (χ1n) is 5.61. The molecule has 0 atom stereocenters. The number of nitrogen functional groups attached to an aromatic ring is 1. The summed E-state index contributed by atoms with van der Waals surface area (Å²) in [6.45, 7) is 2.05. The van der Waals surface area contributed by atoms with Crippen molar-refractivity contribution in [1.82, 2.24) is 5.32 Å². The van der Waals surface area contributed by atoms with E-state index in [1.165, 1.54) is 20.1 Å². The highest BCUT2D eigenvalue weighted by Crippen LogP contribution is 2.22. The lowest BCUT2D eigenvalue weighted by Gasteiger charge is -2.11. The van der Waals surface area contributed by atoms with Crippen LogP contribution in [-0.4, -0.2) is 32.1 Å². The molecule has 0 spiro atoms. The molecule has 1 rings (SSSR count). The van der Waals surface area contributed by atoms with Gasteiger partial charge in [-0.25, -0.2) is 9.18 Å². The number of rotatable bonds is 5. The highest BCUT2D eigenvalue weighted by atomic mass is 19.1. The van der Waals surface area contributed by atoms with Crippen LogP contribution in [0.3, 0.4) is 0 Å². The van der Waals surface area contributed by atoms with Gasteiger partial charge in [-0.2, -0.15) is 0 Å². The van der Waals surface area contributed by atoms with Gasteiger partial charge in [-0.3, -0.25) is 4.79 Å². The Morgan fingerprint density at radius 1 is 1.37 bits per heavy atom. The first-order chi connectivity index (χ1) is 8.95. The molecule has 1 aromatic rings. The molecule has 104 valence electrons. The minimum Gasteiger partial charge on any atom is -0.465 e. The largest absolute Gasteiger partial charge is 0.465 e. The number of hydrogen-bond donors (Lipinski definition) is 3. The average molecular weight is 269 g/mol. The van der Waals surface area contributed by atoms with Crippen LogP contribution in [0.15, 0.2) is 12.1 Å². The Kier molecular flexibility index (Phi) is 5.11. The number of halogens is 1. The molecule has 0 radical (unpaired) electrons. The lowest BCUT2D eigenvalue weighted by Crippen LogP contribution is -2.26. The highest BCUT2D eigenvalue weighted by Gasteiger charge is 2.14. The van der Waals surface area contributed by atoms with Gasteiger partial charge in [0.15, 0.2) is 0 Å². The molecule has 6 nitrogen and oxygen atoms in total. The maximum Gasteiger partial charge on any atom is 0.340 e. The van der Waals surface area contributed by atoms with Crippen molar-refractivity contribution in [2.24, 2.45) is 0 Å². The van der Waals surface area contributed by atoms with Crippen molar-refractivity contribution in [2.45, 2.75) is 6.92 Å². The number of hydrogen-bond acceptors (Lipinski definition) is 5. The van der Waals surface area contributed by atoms with E-state index in [4.69, 9.17) is 5.73 Å². The van der Waals surface area contributed by atoms with Crippen molar-refractivity contribution in [3.63, 3.8) is 0 Å². The van der Waals surface area contributed by atoms with Crippen molar-refractivity contribution < 1.29 is 18.7 Å². The molecule has 0 fully saturated rings. The molecule has 0 saturated heterocycles. The van der Waals surface area contributed by atoms with E-state index in [9.17, 15) is 14.0 Å². The molecule has 4 N–H and O–H groups in total. The Balaban J connectivity index is 2.77. The number of carbonyl (C=O) groups is 2. The lowest BCUT2D eigenvalue weighted by molar-refractivity contribution is -0.118. The quantitative estimate of drug-likeness (QED) is 0.416. The molecule has 0 aliphatic rings. The Bertz CT molecular complexity index is 491. The first kappa shape index (κ1) is 14.7. The van der Waals surface area contributed by atoms with Crippen molar-refractivity contribution >= 4 is 23.3 Å². The Morgan fingerprint density at radius 2 is 2.05 bits per heavy atom. The molecule has 0 saturated carbocycles. The predicted molar refractivity (Wildman–Crippen MR) is 69.3 cm³/mol. The minimum atomic E-state index is -0.637. The zero-order valence-electron chi connectivity index (χ0n) is 10.7. The molecule has 1 aromatic carbocycles. The summed E-state index contributed by atoms with van der Waals surface area (Å²) in [4.78, 5) is 22.1. The van der Waals surface area contributed by atoms with Crippen molar-refractivity contribution in [1.29, 1.82) is 0 Å². The van der Waals surface area contributed by atoms with Crippen LogP contribution >= 0.6 is 0 Å². The summed E-state index contributed by atoms with van der Waals surface area (Å²) < 4.78 is 18.1. The van der Waals surface area contributed by atoms with E-state index in [1.54, 1.807) is 0 Å². The van der Waals surface area contributed by atoms with Crippen LogP contribution in [0.25, 0.3) is 0 Å². The SMILES string of the molecule is COC(=O)c1cc(NCCNC(C)=O)c(F)cc1N. The van der Waals surface area contributed by atoms with Gasteiger partial charge in [0, 0.05) is 25.7 Å². The standard InChI is InChI=1S/C12H16FN3O3/c1-7(17)15-3-4-16-11-5-8(12(18)19-2)10(14)6-9(11)13/h5-6,16H,3-4,14H2,1-2H3,(H,15,17). The summed E-state index contributed by atoms with van der Waals surface area (Å²) in [7, 11) is 1.22. The lowest BCUT2D eigenvalue weighted by atomic mass is 10.1. The fourth-order valence-electron chi connectivity index (χ4n) is 1.45. The van der Waals surface area contributed by atoms with Crippen LogP contribution in [0.5, 0.6) is 0 Å². The third-order valence-corrected chi connectivity index (χ3v) is 2.36. The molecule has 0 aliphatic carbocycles. The monoisotopic (exact) mass is 269 g/mol. The maximum atomic E-state index is 13.6. The fourth-order valence-corrected chi connectivity index (χ4v) is 1.45. The summed E-state index contributed by atoms with van der Waals surface area (Å²) in [5.74, 6) is -1.38. The maximum absolute atomic E-state index is 13.6. The minimum absolute atomic E-state index is 0.0109. The number of benzene rings is 1. The van der Waals surface area contributed by atoms with Gasteiger partial charge >= 0.3 is 5.97 Å². The molecule has 0 aromatic heterocycles. The molecule has 1 amide bonds. The number of carbonyl (C=O) groups excluding carboxylic acids is 2. The van der Waals surface area contributed by atoms with Gasteiger partial charge in [-0.05, 0) is 12.1 Å². The summed E-state index contributed by atoms with van der Waals surface area (Å²) in [5.41, 5.74) is 5.76. The van der Waals surface area contributed by atoms with Crippen LogP contribution < -0.4 is 16.4 Å². The zero-order chi connectivity index (χ0) is 14.4. The van der Waals surface area contributed by atoms with E-state index in [0.717, 1.165) is 6.07 Å². The molecule has 19 heavy (non-hydrogen) atoms. The van der Waals surface area contributed by atoms with Crippen molar-refractivity contribution in [3.8, 4) is 0 Å². The normalized spacial score (nSPS) is 9.84. The Hall–Kier alpha value is -2.31. The molecule has 0 aliphatic heterocycles. The summed E-state index contributed by atoms with van der Waals surface area (Å²) in [6.07, 6.45) is 0. The second-order valence-corrected chi connectivity index (χ2v) is 3.82. The van der Waals surface area contributed by atoms with Gasteiger partial charge in [0.2, 0.25) is 5.91 Å². The molecule has 7 heteroatoms. The molecule has 0 unspecified atom stereocenters. The Labute approximate surface area is 110 Å². The average Bonchev–Trinajstić information content (AvgIpc) is 2.35. The number of anilines is 2. The van der Waals surface area contributed by atoms with E-state index in [0.29, 0.717) is 13.1 Å². The van der Waals surface area contributed by atoms with E-state index in [1.807, 2.05) is 0 Å². The number of esters is 1. The second kappa shape index (κ2) is 6.58. The van der Waals surface area contributed by atoms with E-state index >= 15 is 0 Å². The third-order valence-electron chi connectivity index (χ3n) is 2.36. The van der Waals surface area contributed by atoms with E-state index < -0.39 is 11.8 Å². The second-order valence-electron chi connectivity index (χ2n) is 3.82. The third kappa shape index (κ3) is 4.13. The van der Waals surface area contributed by atoms with Gasteiger partial charge in [-0.15, -0.1) is 0 Å². The molecule has 0 bridgehead atoms.